The molecule has 0 aliphatic heterocycles. The molecule has 1 heterocycles. The number of nitrogens with zero attached hydrogens (tertiary/aromatic N) is 2. The number of aromatic nitrogens is 2. The van der Waals surface area contributed by atoms with Crippen molar-refractivity contribution < 1.29 is 24.7 Å². The van der Waals surface area contributed by atoms with Gasteiger partial charge in [0.2, 0.25) is 0 Å². The predicted octanol–water partition coefficient (Wildman–Crippen LogP) is 3.30. The van der Waals surface area contributed by atoms with Crippen molar-refractivity contribution in [1.82, 2.24) is 9.97 Å². The third-order valence-electron chi connectivity index (χ3n) is 3.87. The van der Waals surface area contributed by atoms with Crippen LogP contribution in [-0.4, -0.2) is 37.0 Å². The number of non-ortho nitro benzene ring substituents is 1. The summed E-state index contributed by atoms with van der Waals surface area (Å²) >= 11 is 0. The number of carbonyl (C=O) groups is 2. The number of rotatable bonds is 5. The molecule has 0 atom stereocenters. The van der Waals surface area contributed by atoms with Crippen molar-refractivity contribution in [2.24, 2.45) is 0 Å². The number of hydrogen-bond acceptors (Lipinski definition) is 5. The van der Waals surface area contributed by atoms with E-state index in [1.807, 2.05) is 0 Å². The summed E-state index contributed by atoms with van der Waals surface area (Å²) in [6, 6.07) is 10.6. The average Bonchev–Trinajstić information content (AvgIpc) is 3.15. The van der Waals surface area contributed by atoms with Gasteiger partial charge in [-0.05, 0) is 30.2 Å². The minimum absolute atomic E-state index is 0.0277. The molecule has 0 bridgehead atoms. The van der Waals surface area contributed by atoms with Gasteiger partial charge >= 0.3 is 11.9 Å². The number of nitro benzene ring substituents is 1. The number of carboxylic acids is 2. The van der Waals surface area contributed by atoms with Crippen LogP contribution in [0, 0.1) is 17.0 Å². The van der Waals surface area contributed by atoms with Crippen molar-refractivity contribution in [2.45, 2.75) is 13.3 Å². The van der Waals surface area contributed by atoms with Gasteiger partial charge in [0, 0.05) is 30.9 Å². The molecule has 0 fully saturated rings. The van der Waals surface area contributed by atoms with E-state index in [0.717, 1.165) is 11.4 Å². The van der Waals surface area contributed by atoms with Gasteiger partial charge in [0.1, 0.15) is 5.82 Å². The maximum Gasteiger partial charge on any atom is 0.335 e. The van der Waals surface area contributed by atoms with Crippen LogP contribution in [0.2, 0.25) is 0 Å². The van der Waals surface area contributed by atoms with Crippen LogP contribution in [0.25, 0.3) is 0 Å². The Bertz CT molecular complexity index is 949. The van der Waals surface area contributed by atoms with Crippen LogP contribution >= 0.6 is 0 Å². The average molecular weight is 383 g/mol. The molecule has 3 rings (SSSR count). The third-order valence-corrected chi connectivity index (χ3v) is 3.87. The van der Waals surface area contributed by atoms with Crippen LogP contribution in [0.5, 0.6) is 0 Å². The van der Waals surface area contributed by atoms with Crippen LogP contribution < -0.4 is 0 Å². The first-order valence-corrected chi connectivity index (χ1v) is 8.07. The van der Waals surface area contributed by atoms with E-state index in [0.29, 0.717) is 6.42 Å². The molecule has 3 aromatic rings. The number of H-pyrrole nitrogens is 1. The van der Waals surface area contributed by atoms with E-state index in [1.165, 1.54) is 37.3 Å². The van der Waals surface area contributed by atoms with Crippen molar-refractivity contribution in [3.05, 3.63) is 93.1 Å². The summed E-state index contributed by atoms with van der Waals surface area (Å²) < 4.78 is 0. The van der Waals surface area contributed by atoms with Crippen molar-refractivity contribution in [3.63, 3.8) is 0 Å². The Morgan fingerprint density at radius 1 is 1.07 bits per heavy atom. The Morgan fingerprint density at radius 2 is 1.64 bits per heavy atom. The highest BCUT2D eigenvalue weighted by molar-refractivity contribution is 5.96. The lowest BCUT2D eigenvalue weighted by atomic mass is 10.0. The molecule has 9 nitrogen and oxygen atoms in total. The van der Waals surface area contributed by atoms with Gasteiger partial charge in [0.15, 0.2) is 0 Å². The molecular weight excluding hydrogens is 366 g/mol. The number of carboxylic acid groups (broad SMARTS) is 2. The summed E-state index contributed by atoms with van der Waals surface area (Å²) in [7, 11) is 0. The lowest BCUT2D eigenvalue weighted by Gasteiger charge is -2.03. The molecule has 28 heavy (non-hydrogen) atoms. The van der Waals surface area contributed by atoms with E-state index in [9.17, 15) is 19.7 Å². The van der Waals surface area contributed by atoms with E-state index >= 15 is 0 Å². The normalized spacial score (nSPS) is 9.89. The first-order chi connectivity index (χ1) is 13.3. The van der Waals surface area contributed by atoms with Crippen LogP contribution in [0.3, 0.4) is 0 Å². The number of nitro groups is 1. The Kier molecular flexibility index (Phi) is 6.58. The first-order valence-electron chi connectivity index (χ1n) is 8.07. The molecule has 1 aromatic heterocycles. The second-order valence-electron chi connectivity index (χ2n) is 5.72. The molecule has 0 radical (unpaired) electrons. The van der Waals surface area contributed by atoms with Crippen LogP contribution in [0.15, 0.2) is 54.9 Å². The van der Waals surface area contributed by atoms with Gasteiger partial charge in [-0.3, -0.25) is 10.1 Å². The zero-order chi connectivity index (χ0) is 20.7. The fourth-order valence-electron chi connectivity index (χ4n) is 2.42. The molecule has 0 aliphatic rings. The number of aromatic amines is 1. The summed E-state index contributed by atoms with van der Waals surface area (Å²) in [5, 5.41) is 27.8. The van der Waals surface area contributed by atoms with E-state index in [2.05, 4.69) is 9.97 Å². The quantitative estimate of drug-likeness (QED) is 0.452. The standard InChI is InChI=1S/C10H9N3O2.C9H8O4/c14-13(15)9-3-1-8(2-4-9)7-10-11-5-6-12-10;1-5-6(8(10)11)3-2-4-7(5)9(12)13/h1-6H,7H2,(H,11,12);2-4H,1H3,(H,10,11)(H,12,13). The fourth-order valence-corrected chi connectivity index (χ4v) is 2.42. The molecule has 0 aliphatic carbocycles. The molecule has 0 amide bonds. The number of hydrogen-bond donors (Lipinski definition) is 3. The molecule has 9 heteroatoms. The summed E-state index contributed by atoms with van der Waals surface area (Å²) in [5.41, 5.74) is 1.44. The van der Waals surface area contributed by atoms with E-state index in [-0.39, 0.29) is 22.4 Å². The maximum absolute atomic E-state index is 10.6. The second-order valence-corrected chi connectivity index (χ2v) is 5.72. The van der Waals surface area contributed by atoms with Crippen molar-refractivity contribution >= 4 is 17.6 Å². The summed E-state index contributed by atoms with van der Waals surface area (Å²) in [5.74, 6) is -1.37. The molecule has 0 saturated carbocycles. The molecule has 3 N–H and O–H groups in total. The SMILES string of the molecule is Cc1c(C(=O)O)cccc1C(=O)O.O=[N+]([O-])c1ccc(Cc2ncc[nH]2)cc1. The lowest BCUT2D eigenvalue weighted by molar-refractivity contribution is -0.384. The van der Waals surface area contributed by atoms with Crippen LogP contribution in [0.1, 0.15) is 37.7 Å². The highest BCUT2D eigenvalue weighted by Crippen LogP contribution is 2.14. The third kappa shape index (κ3) is 5.24. The molecular formula is C19H17N3O6. The Balaban J connectivity index is 0.000000203. The second kappa shape index (κ2) is 9.08. The number of benzene rings is 2. The highest BCUT2D eigenvalue weighted by Gasteiger charge is 2.13. The van der Waals surface area contributed by atoms with Crippen molar-refractivity contribution in [1.29, 1.82) is 0 Å². The van der Waals surface area contributed by atoms with Gasteiger partial charge in [-0.1, -0.05) is 18.2 Å². The van der Waals surface area contributed by atoms with E-state index < -0.39 is 16.9 Å². The van der Waals surface area contributed by atoms with Gasteiger partial charge in [-0.2, -0.15) is 0 Å². The fraction of sp³-hybridized carbons (Fsp3) is 0.105. The van der Waals surface area contributed by atoms with Crippen LogP contribution in [-0.2, 0) is 6.42 Å². The van der Waals surface area contributed by atoms with E-state index in [4.69, 9.17) is 10.2 Å². The lowest BCUT2D eigenvalue weighted by Crippen LogP contribution is -2.06. The van der Waals surface area contributed by atoms with Gasteiger partial charge in [0.05, 0.1) is 16.1 Å². The first kappa shape index (κ1) is 20.3. The smallest absolute Gasteiger partial charge is 0.335 e. The number of aromatic carboxylic acids is 2. The minimum atomic E-state index is -1.11. The maximum atomic E-state index is 10.6. The van der Waals surface area contributed by atoms with Crippen molar-refractivity contribution in [3.8, 4) is 0 Å². The van der Waals surface area contributed by atoms with E-state index in [1.54, 1.807) is 24.5 Å². The van der Waals surface area contributed by atoms with Gasteiger partial charge < -0.3 is 15.2 Å². The Labute approximate surface area is 159 Å². The molecule has 0 saturated heterocycles. The zero-order valence-electron chi connectivity index (χ0n) is 14.8. The summed E-state index contributed by atoms with van der Waals surface area (Å²) in [6.45, 7) is 1.48. The van der Waals surface area contributed by atoms with Crippen LogP contribution in [0.4, 0.5) is 5.69 Å². The number of nitrogens with one attached hydrogen (secondary N) is 1. The summed E-state index contributed by atoms with van der Waals surface area (Å²) in [6.07, 6.45) is 4.09. The largest absolute Gasteiger partial charge is 0.478 e. The predicted molar refractivity (Wildman–Crippen MR) is 99.6 cm³/mol. The molecule has 2 aromatic carbocycles. The Morgan fingerprint density at radius 3 is 2.07 bits per heavy atom. The highest BCUT2D eigenvalue weighted by atomic mass is 16.6. The van der Waals surface area contributed by atoms with Gasteiger partial charge in [-0.25, -0.2) is 14.6 Å². The zero-order valence-corrected chi connectivity index (χ0v) is 14.8. The molecule has 0 spiro atoms. The minimum Gasteiger partial charge on any atom is -0.478 e. The monoisotopic (exact) mass is 383 g/mol. The summed E-state index contributed by atoms with van der Waals surface area (Å²) in [4.78, 5) is 38.3. The Hall–Kier alpha value is -4.01. The molecule has 0 unspecified atom stereocenters. The molecule has 144 valence electrons. The number of imidazole rings is 1. The van der Waals surface area contributed by atoms with Gasteiger partial charge in [-0.15, -0.1) is 0 Å². The van der Waals surface area contributed by atoms with Crippen molar-refractivity contribution in [2.75, 3.05) is 0 Å². The topological polar surface area (TPSA) is 146 Å². The van der Waals surface area contributed by atoms with Gasteiger partial charge in [0.25, 0.3) is 5.69 Å².